The van der Waals surface area contributed by atoms with Crippen molar-refractivity contribution in [3.05, 3.63) is 0 Å². The molecule has 1 saturated heterocycles. The Morgan fingerprint density at radius 3 is 2.50 bits per heavy atom. The summed E-state index contributed by atoms with van der Waals surface area (Å²) in [4.78, 5) is 24.9. The zero-order valence-corrected chi connectivity index (χ0v) is 11.2. The monoisotopic (exact) mass is 287 g/mol. The second kappa shape index (κ2) is 4.97. The SMILES string of the molecule is O=C(O)[C@@H]1CN(C(=O)C2CCCC3CC32)C[C@H]1C(F)F. The summed E-state index contributed by atoms with van der Waals surface area (Å²) in [5.74, 6) is -2.66. The lowest BCUT2D eigenvalue weighted by Crippen LogP contribution is -2.37. The number of fused-ring (bicyclic) bond motifs is 1. The van der Waals surface area contributed by atoms with Crippen molar-refractivity contribution in [1.82, 2.24) is 4.90 Å². The van der Waals surface area contributed by atoms with E-state index in [9.17, 15) is 18.4 Å². The lowest BCUT2D eigenvalue weighted by Gasteiger charge is -2.26. The molecule has 0 radical (unpaired) electrons. The Morgan fingerprint density at radius 1 is 1.15 bits per heavy atom. The number of amides is 1. The first-order valence-corrected chi connectivity index (χ1v) is 7.28. The Bertz CT molecular complexity index is 429. The van der Waals surface area contributed by atoms with E-state index in [-0.39, 0.29) is 24.9 Å². The van der Waals surface area contributed by atoms with E-state index in [1.165, 1.54) is 11.3 Å². The molecule has 2 saturated carbocycles. The van der Waals surface area contributed by atoms with Crippen LogP contribution >= 0.6 is 0 Å². The molecule has 20 heavy (non-hydrogen) atoms. The third-order valence-electron chi connectivity index (χ3n) is 5.22. The van der Waals surface area contributed by atoms with Crippen LogP contribution in [-0.2, 0) is 9.59 Å². The van der Waals surface area contributed by atoms with E-state index in [0.717, 1.165) is 19.3 Å². The fourth-order valence-corrected chi connectivity index (χ4v) is 3.98. The van der Waals surface area contributed by atoms with Crippen LogP contribution in [0.4, 0.5) is 8.78 Å². The summed E-state index contributed by atoms with van der Waals surface area (Å²) in [5, 5.41) is 9.03. The first kappa shape index (κ1) is 13.8. The maximum absolute atomic E-state index is 12.9. The second-order valence-corrected chi connectivity index (χ2v) is 6.38. The minimum Gasteiger partial charge on any atom is -0.481 e. The van der Waals surface area contributed by atoms with Crippen molar-refractivity contribution in [2.75, 3.05) is 13.1 Å². The summed E-state index contributed by atoms with van der Waals surface area (Å²) in [6, 6.07) is 0. The van der Waals surface area contributed by atoms with Crippen molar-refractivity contribution in [2.24, 2.45) is 29.6 Å². The molecule has 4 nitrogen and oxygen atoms in total. The van der Waals surface area contributed by atoms with Gasteiger partial charge in [-0.15, -0.1) is 0 Å². The van der Waals surface area contributed by atoms with Crippen LogP contribution in [0.25, 0.3) is 0 Å². The summed E-state index contributed by atoms with van der Waals surface area (Å²) < 4.78 is 25.8. The zero-order valence-electron chi connectivity index (χ0n) is 11.2. The van der Waals surface area contributed by atoms with Gasteiger partial charge in [0.1, 0.15) is 0 Å². The predicted molar refractivity (Wildman–Crippen MR) is 66.1 cm³/mol. The van der Waals surface area contributed by atoms with E-state index >= 15 is 0 Å². The standard InChI is InChI=1S/C14H19F2NO3/c15-12(16)10-5-17(6-11(10)14(19)20)13(18)8-3-1-2-7-4-9(7)8/h7-12H,1-6H2,(H,19,20)/t7?,8?,9?,10-,11-/m1/s1. The van der Waals surface area contributed by atoms with Gasteiger partial charge >= 0.3 is 5.97 Å². The molecule has 0 aromatic carbocycles. The molecule has 5 atom stereocenters. The van der Waals surface area contributed by atoms with Crippen molar-refractivity contribution in [2.45, 2.75) is 32.1 Å². The van der Waals surface area contributed by atoms with Gasteiger partial charge in [0.2, 0.25) is 12.3 Å². The average molecular weight is 287 g/mol. The molecule has 3 unspecified atom stereocenters. The first-order valence-electron chi connectivity index (χ1n) is 7.28. The van der Waals surface area contributed by atoms with Gasteiger partial charge in [-0.25, -0.2) is 8.78 Å². The van der Waals surface area contributed by atoms with Crippen LogP contribution < -0.4 is 0 Å². The van der Waals surface area contributed by atoms with Gasteiger partial charge in [0, 0.05) is 19.0 Å². The van der Waals surface area contributed by atoms with Gasteiger partial charge in [-0.1, -0.05) is 12.8 Å². The van der Waals surface area contributed by atoms with Crippen LogP contribution in [0.5, 0.6) is 0 Å². The molecule has 3 fully saturated rings. The molecule has 1 amide bonds. The van der Waals surface area contributed by atoms with Gasteiger partial charge in [-0.2, -0.15) is 0 Å². The molecule has 6 heteroatoms. The van der Waals surface area contributed by atoms with Crippen LogP contribution in [0.3, 0.4) is 0 Å². The van der Waals surface area contributed by atoms with Crippen LogP contribution in [0.1, 0.15) is 25.7 Å². The maximum Gasteiger partial charge on any atom is 0.308 e. The Labute approximate surface area is 116 Å². The number of nitrogens with zero attached hydrogens (tertiary/aromatic N) is 1. The van der Waals surface area contributed by atoms with E-state index < -0.39 is 24.2 Å². The first-order chi connectivity index (χ1) is 9.49. The quantitative estimate of drug-likeness (QED) is 0.861. The molecule has 0 aromatic heterocycles. The number of hydrogen-bond donors (Lipinski definition) is 1. The summed E-state index contributed by atoms with van der Waals surface area (Å²) in [7, 11) is 0. The largest absolute Gasteiger partial charge is 0.481 e. The van der Waals surface area contributed by atoms with E-state index in [2.05, 4.69) is 0 Å². The fraction of sp³-hybridized carbons (Fsp3) is 0.857. The Morgan fingerprint density at radius 2 is 1.90 bits per heavy atom. The topological polar surface area (TPSA) is 57.6 Å². The Hall–Kier alpha value is -1.20. The number of hydrogen-bond acceptors (Lipinski definition) is 2. The summed E-state index contributed by atoms with van der Waals surface area (Å²) in [6.07, 6.45) is 1.41. The van der Waals surface area contributed by atoms with E-state index in [1.807, 2.05) is 0 Å². The number of likely N-dealkylation sites (tertiary alicyclic amines) is 1. The van der Waals surface area contributed by atoms with Crippen molar-refractivity contribution < 1.29 is 23.5 Å². The summed E-state index contributed by atoms with van der Waals surface area (Å²) >= 11 is 0. The van der Waals surface area contributed by atoms with Crippen LogP contribution in [-0.4, -0.2) is 41.4 Å². The third-order valence-corrected chi connectivity index (χ3v) is 5.22. The van der Waals surface area contributed by atoms with Crippen molar-refractivity contribution in [1.29, 1.82) is 0 Å². The molecule has 1 N–H and O–H groups in total. The van der Waals surface area contributed by atoms with E-state index in [0.29, 0.717) is 11.8 Å². The molecule has 0 aromatic rings. The molecular formula is C14H19F2NO3. The van der Waals surface area contributed by atoms with Gasteiger partial charge in [0.15, 0.2) is 0 Å². The van der Waals surface area contributed by atoms with Crippen LogP contribution in [0, 0.1) is 29.6 Å². The smallest absolute Gasteiger partial charge is 0.308 e. The average Bonchev–Trinajstić information content (AvgIpc) is 3.05. The predicted octanol–water partition coefficient (Wildman–Crippen LogP) is 1.85. The summed E-state index contributed by atoms with van der Waals surface area (Å²) in [6.45, 7) is -0.168. The second-order valence-electron chi connectivity index (χ2n) is 6.38. The lowest BCUT2D eigenvalue weighted by atomic mass is 9.88. The highest BCUT2D eigenvalue weighted by molar-refractivity contribution is 5.81. The molecule has 2 aliphatic carbocycles. The molecule has 1 aliphatic heterocycles. The number of rotatable bonds is 3. The van der Waals surface area contributed by atoms with Crippen LogP contribution in [0.2, 0.25) is 0 Å². The third kappa shape index (κ3) is 2.29. The van der Waals surface area contributed by atoms with Gasteiger partial charge in [-0.05, 0) is 24.7 Å². The number of carbonyl (C=O) groups excluding carboxylic acids is 1. The molecule has 3 rings (SSSR count). The van der Waals surface area contributed by atoms with Gasteiger partial charge < -0.3 is 10.0 Å². The lowest BCUT2D eigenvalue weighted by molar-refractivity contribution is -0.144. The Balaban J connectivity index is 1.68. The minimum absolute atomic E-state index is 0.0559. The highest BCUT2D eigenvalue weighted by Gasteiger charge is 2.51. The van der Waals surface area contributed by atoms with Gasteiger partial charge in [0.05, 0.1) is 11.8 Å². The molecule has 1 heterocycles. The van der Waals surface area contributed by atoms with E-state index in [4.69, 9.17) is 5.11 Å². The normalized spacial score (nSPS) is 39.8. The summed E-state index contributed by atoms with van der Waals surface area (Å²) in [5.41, 5.74) is 0. The van der Waals surface area contributed by atoms with Crippen molar-refractivity contribution in [3.8, 4) is 0 Å². The maximum atomic E-state index is 12.9. The zero-order chi connectivity index (χ0) is 14.4. The number of aliphatic carboxylic acids is 1. The van der Waals surface area contributed by atoms with Gasteiger partial charge in [0.25, 0.3) is 0 Å². The number of carbonyl (C=O) groups is 2. The Kier molecular flexibility index (Phi) is 3.42. The van der Waals surface area contributed by atoms with Crippen LogP contribution in [0.15, 0.2) is 0 Å². The van der Waals surface area contributed by atoms with Crippen molar-refractivity contribution in [3.63, 3.8) is 0 Å². The minimum atomic E-state index is -2.69. The number of carboxylic acids is 1. The highest BCUT2D eigenvalue weighted by atomic mass is 19.3. The van der Waals surface area contributed by atoms with E-state index in [1.54, 1.807) is 0 Å². The number of halogens is 2. The number of carboxylic acid groups (broad SMARTS) is 1. The fourth-order valence-electron chi connectivity index (χ4n) is 3.98. The molecule has 0 bridgehead atoms. The number of alkyl halides is 2. The molecule has 112 valence electrons. The van der Waals surface area contributed by atoms with Gasteiger partial charge in [-0.3, -0.25) is 9.59 Å². The molecule has 0 spiro atoms. The molecule has 3 aliphatic rings. The van der Waals surface area contributed by atoms with Crippen molar-refractivity contribution >= 4 is 11.9 Å². The highest BCUT2D eigenvalue weighted by Crippen LogP contribution is 2.53. The molecular weight excluding hydrogens is 268 g/mol.